The molecule has 0 aliphatic carbocycles. The molecule has 7 heteroatoms. The molecule has 0 bridgehead atoms. The molecule has 2 rings (SSSR count). The van der Waals surface area contributed by atoms with Gasteiger partial charge in [-0.15, -0.1) is 0 Å². The van der Waals surface area contributed by atoms with Crippen LogP contribution in [0.1, 0.15) is 12.6 Å². The summed E-state index contributed by atoms with van der Waals surface area (Å²) < 4.78 is 0. The van der Waals surface area contributed by atoms with E-state index in [-0.39, 0.29) is 6.04 Å². The summed E-state index contributed by atoms with van der Waals surface area (Å²) in [5.74, 6) is 0.425. The SMILES string of the molecule is CC(Cc1cnc[nH]1)N=C(NC#N)Nc1ccccc1N(C)C. The number of benzene rings is 1. The van der Waals surface area contributed by atoms with E-state index in [9.17, 15) is 0 Å². The lowest BCUT2D eigenvalue weighted by atomic mass is 10.2. The number of para-hydroxylation sites is 2. The van der Waals surface area contributed by atoms with Gasteiger partial charge in [-0.2, -0.15) is 5.26 Å². The standard InChI is InChI=1S/C16H21N7/c1-12(8-13-9-18-11-20-13)21-16(19-10-17)22-14-6-4-5-7-15(14)23(2)3/h4-7,9,11-12H,8H2,1-3H3,(H,18,20)(H2,19,21,22). The van der Waals surface area contributed by atoms with Gasteiger partial charge < -0.3 is 15.2 Å². The summed E-state index contributed by atoms with van der Waals surface area (Å²) in [5, 5.41) is 14.8. The van der Waals surface area contributed by atoms with Crippen LogP contribution >= 0.6 is 0 Å². The van der Waals surface area contributed by atoms with Gasteiger partial charge in [-0.05, 0) is 19.1 Å². The molecule has 23 heavy (non-hydrogen) atoms. The molecule has 1 aromatic carbocycles. The van der Waals surface area contributed by atoms with Crippen LogP contribution in [0.3, 0.4) is 0 Å². The Hall–Kier alpha value is -3.01. The number of guanidine groups is 1. The number of nitrogens with zero attached hydrogens (tertiary/aromatic N) is 4. The molecule has 0 saturated carbocycles. The summed E-state index contributed by atoms with van der Waals surface area (Å²) in [6, 6.07) is 7.85. The molecule has 1 aromatic heterocycles. The van der Waals surface area contributed by atoms with E-state index >= 15 is 0 Å². The highest BCUT2D eigenvalue weighted by molar-refractivity contribution is 5.97. The molecular formula is C16H21N7. The first kappa shape index (κ1) is 16.4. The van der Waals surface area contributed by atoms with Gasteiger partial charge in [0.1, 0.15) is 0 Å². The Labute approximate surface area is 136 Å². The molecule has 1 heterocycles. The molecule has 0 radical (unpaired) electrons. The van der Waals surface area contributed by atoms with Crippen molar-refractivity contribution in [3.63, 3.8) is 0 Å². The second-order valence-corrected chi connectivity index (χ2v) is 5.38. The van der Waals surface area contributed by atoms with E-state index < -0.39 is 0 Å². The number of nitrogens with one attached hydrogen (secondary N) is 3. The van der Waals surface area contributed by atoms with Crippen LogP contribution in [-0.2, 0) is 6.42 Å². The number of anilines is 2. The van der Waals surface area contributed by atoms with Crippen molar-refractivity contribution >= 4 is 17.3 Å². The Kier molecular flexibility index (Phi) is 5.58. The number of aromatic amines is 1. The number of hydrogen-bond acceptors (Lipinski definition) is 4. The second kappa shape index (κ2) is 7.84. The van der Waals surface area contributed by atoms with E-state index in [4.69, 9.17) is 5.26 Å². The van der Waals surface area contributed by atoms with E-state index in [1.165, 1.54) is 0 Å². The fraction of sp³-hybridized carbons (Fsp3) is 0.312. The monoisotopic (exact) mass is 311 g/mol. The Bertz CT molecular complexity index is 683. The lowest BCUT2D eigenvalue weighted by Crippen LogP contribution is -2.29. The molecule has 2 aromatic rings. The van der Waals surface area contributed by atoms with Gasteiger partial charge >= 0.3 is 0 Å². The van der Waals surface area contributed by atoms with Crippen molar-refractivity contribution in [3.05, 3.63) is 42.5 Å². The maximum Gasteiger partial charge on any atom is 0.209 e. The Morgan fingerprint density at radius 2 is 2.22 bits per heavy atom. The molecule has 0 saturated heterocycles. The Balaban J connectivity index is 2.15. The average molecular weight is 311 g/mol. The van der Waals surface area contributed by atoms with Crippen LogP contribution in [0.15, 0.2) is 41.8 Å². The third-order valence-electron chi connectivity index (χ3n) is 3.23. The van der Waals surface area contributed by atoms with Gasteiger partial charge in [0, 0.05) is 32.4 Å². The lowest BCUT2D eigenvalue weighted by Gasteiger charge is -2.19. The van der Waals surface area contributed by atoms with Crippen molar-refractivity contribution in [3.8, 4) is 6.19 Å². The summed E-state index contributed by atoms with van der Waals surface area (Å²) in [6.45, 7) is 1.99. The molecule has 3 N–H and O–H groups in total. The number of aromatic nitrogens is 2. The van der Waals surface area contributed by atoms with Gasteiger partial charge in [-0.25, -0.2) is 9.98 Å². The quantitative estimate of drug-likeness (QED) is 0.340. The first-order valence-electron chi connectivity index (χ1n) is 7.33. The van der Waals surface area contributed by atoms with Gasteiger partial charge in [0.05, 0.1) is 23.7 Å². The van der Waals surface area contributed by atoms with Crippen LogP contribution in [-0.4, -0.2) is 36.1 Å². The zero-order chi connectivity index (χ0) is 16.7. The fourth-order valence-electron chi connectivity index (χ4n) is 2.23. The highest BCUT2D eigenvalue weighted by atomic mass is 15.2. The molecule has 120 valence electrons. The van der Waals surface area contributed by atoms with Gasteiger partial charge in [0.25, 0.3) is 0 Å². The summed E-state index contributed by atoms with van der Waals surface area (Å²) in [7, 11) is 3.94. The van der Waals surface area contributed by atoms with Gasteiger partial charge in [0.15, 0.2) is 6.19 Å². The summed E-state index contributed by atoms with van der Waals surface area (Å²) >= 11 is 0. The number of hydrogen-bond donors (Lipinski definition) is 3. The van der Waals surface area contributed by atoms with Crippen molar-refractivity contribution in [2.45, 2.75) is 19.4 Å². The number of rotatable bonds is 5. The van der Waals surface area contributed by atoms with Gasteiger partial charge in [-0.1, -0.05) is 12.1 Å². The molecule has 0 spiro atoms. The maximum atomic E-state index is 8.95. The molecule has 0 aliphatic rings. The number of nitriles is 1. The molecule has 1 unspecified atom stereocenters. The molecular weight excluding hydrogens is 290 g/mol. The molecule has 0 amide bonds. The first-order valence-corrected chi connectivity index (χ1v) is 7.33. The number of H-pyrrole nitrogens is 1. The maximum absolute atomic E-state index is 8.95. The van der Waals surface area contributed by atoms with Crippen LogP contribution in [0.25, 0.3) is 0 Å². The van der Waals surface area contributed by atoms with E-state index in [0.29, 0.717) is 12.4 Å². The second-order valence-electron chi connectivity index (χ2n) is 5.38. The van der Waals surface area contributed by atoms with Crippen LogP contribution in [0.4, 0.5) is 11.4 Å². The molecule has 7 nitrogen and oxygen atoms in total. The minimum Gasteiger partial charge on any atom is -0.376 e. The van der Waals surface area contributed by atoms with Crippen LogP contribution in [0.5, 0.6) is 0 Å². The van der Waals surface area contributed by atoms with Crippen molar-refractivity contribution < 1.29 is 0 Å². The zero-order valence-corrected chi connectivity index (χ0v) is 13.5. The molecule has 0 fully saturated rings. The third kappa shape index (κ3) is 4.74. The summed E-state index contributed by atoms with van der Waals surface area (Å²) in [5.41, 5.74) is 2.90. The van der Waals surface area contributed by atoms with Crippen molar-refractivity contribution in [1.82, 2.24) is 15.3 Å². The highest BCUT2D eigenvalue weighted by Crippen LogP contribution is 2.23. The Morgan fingerprint density at radius 1 is 1.43 bits per heavy atom. The number of aliphatic imine (C=N–C) groups is 1. The van der Waals surface area contributed by atoms with Gasteiger partial charge in [-0.3, -0.25) is 5.32 Å². The predicted molar refractivity (Wildman–Crippen MR) is 92.3 cm³/mol. The largest absolute Gasteiger partial charge is 0.376 e. The minimum atomic E-state index is -0.00896. The normalized spacial score (nSPS) is 12.3. The summed E-state index contributed by atoms with van der Waals surface area (Å²) in [4.78, 5) is 13.6. The lowest BCUT2D eigenvalue weighted by molar-refractivity contribution is 0.724. The average Bonchev–Trinajstić information content (AvgIpc) is 3.00. The zero-order valence-electron chi connectivity index (χ0n) is 13.5. The Morgan fingerprint density at radius 3 is 2.87 bits per heavy atom. The van der Waals surface area contributed by atoms with Crippen LogP contribution < -0.4 is 15.5 Å². The van der Waals surface area contributed by atoms with Crippen molar-refractivity contribution in [1.29, 1.82) is 5.26 Å². The van der Waals surface area contributed by atoms with Crippen LogP contribution in [0, 0.1) is 11.5 Å². The highest BCUT2D eigenvalue weighted by Gasteiger charge is 2.09. The topological polar surface area (TPSA) is 92.1 Å². The van der Waals surface area contributed by atoms with Crippen molar-refractivity contribution in [2.75, 3.05) is 24.3 Å². The third-order valence-corrected chi connectivity index (χ3v) is 3.23. The minimum absolute atomic E-state index is 0.00896. The van der Waals surface area contributed by atoms with Crippen LogP contribution in [0.2, 0.25) is 0 Å². The van der Waals surface area contributed by atoms with E-state index in [1.54, 1.807) is 12.5 Å². The predicted octanol–water partition coefficient (Wildman–Crippen LogP) is 1.95. The molecule has 0 aliphatic heterocycles. The van der Waals surface area contributed by atoms with E-state index in [2.05, 4.69) is 25.6 Å². The fourth-order valence-corrected chi connectivity index (χ4v) is 2.23. The number of imidazole rings is 1. The molecule has 1 atom stereocenters. The van der Waals surface area contributed by atoms with Crippen molar-refractivity contribution in [2.24, 2.45) is 4.99 Å². The van der Waals surface area contributed by atoms with Gasteiger partial charge in [0.2, 0.25) is 5.96 Å². The summed E-state index contributed by atoms with van der Waals surface area (Å²) in [6.07, 6.45) is 6.06. The van der Waals surface area contributed by atoms with E-state index in [0.717, 1.165) is 17.1 Å². The smallest absolute Gasteiger partial charge is 0.209 e. The van der Waals surface area contributed by atoms with E-state index in [1.807, 2.05) is 56.4 Å². The first-order chi connectivity index (χ1) is 11.1.